The number of hydrogen-bond donors (Lipinski definition) is 1. The van der Waals surface area contributed by atoms with Gasteiger partial charge in [-0.1, -0.05) is 79.2 Å². The lowest BCUT2D eigenvalue weighted by Crippen LogP contribution is -2.54. The van der Waals surface area contributed by atoms with E-state index < -0.39 is 28.5 Å². The van der Waals surface area contributed by atoms with Gasteiger partial charge in [0.25, 0.3) is 0 Å². The van der Waals surface area contributed by atoms with E-state index in [1.165, 1.54) is 24.0 Å². The number of sulfonamides is 1. The number of Topliss-reactive ketones (excluding diaryl/α,β-unsaturated/α-hetero) is 1. The highest BCUT2D eigenvalue weighted by molar-refractivity contribution is 7.92. The standard InChI is InChI=1S/C31H36ClN3O5S/c1-5-22(2)33-31(38)29(18-24-12-7-6-8-13-24)34(20-26-14-9-10-17-28(26)32)30(37)21-35(41(4,39)40)27-16-11-15-25(19-27)23(3)36/h6-17,19,22,29H,5,18,20-21H2,1-4H3,(H,33,38)/t22-,29-/m0/s1. The summed E-state index contributed by atoms with van der Waals surface area (Å²) in [6.07, 6.45) is 1.89. The van der Waals surface area contributed by atoms with Gasteiger partial charge >= 0.3 is 0 Å². The Bertz CT molecular complexity index is 1480. The molecule has 2 atom stereocenters. The fraction of sp³-hybridized carbons (Fsp3) is 0.323. The lowest BCUT2D eigenvalue weighted by Gasteiger charge is -2.34. The van der Waals surface area contributed by atoms with Crippen LogP contribution in [0.25, 0.3) is 0 Å². The van der Waals surface area contributed by atoms with Crippen LogP contribution < -0.4 is 9.62 Å². The smallest absolute Gasteiger partial charge is 0.244 e. The molecule has 0 radical (unpaired) electrons. The molecule has 0 unspecified atom stereocenters. The molecule has 3 aromatic carbocycles. The molecule has 218 valence electrons. The topological polar surface area (TPSA) is 104 Å². The summed E-state index contributed by atoms with van der Waals surface area (Å²) < 4.78 is 26.8. The zero-order valence-electron chi connectivity index (χ0n) is 23.7. The molecule has 10 heteroatoms. The number of benzene rings is 3. The summed E-state index contributed by atoms with van der Waals surface area (Å²) in [5, 5.41) is 3.40. The number of carbonyl (C=O) groups excluding carboxylic acids is 3. The van der Waals surface area contributed by atoms with Gasteiger partial charge in [0, 0.05) is 29.6 Å². The van der Waals surface area contributed by atoms with E-state index in [9.17, 15) is 22.8 Å². The molecule has 0 aromatic heterocycles. The average Bonchev–Trinajstić information content (AvgIpc) is 2.94. The molecular weight excluding hydrogens is 562 g/mol. The highest BCUT2D eigenvalue weighted by Gasteiger charge is 2.33. The lowest BCUT2D eigenvalue weighted by molar-refractivity contribution is -0.140. The number of hydrogen-bond acceptors (Lipinski definition) is 5. The Kier molecular flexibility index (Phi) is 11.1. The van der Waals surface area contributed by atoms with Crippen LogP contribution in [0.5, 0.6) is 0 Å². The van der Waals surface area contributed by atoms with Crippen LogP contribution in [0.15, 0.2) is 78.9 Å². The SMILES string of the molecule is CC[C@H](C)NC(=O)[C@H](Cc1ccccc1)N(Cc1ccccc1Cl)C(=O)CN(c1cccc(C(C)=O)c1)S(C)(=O)=O. The van der Waals surface area contributed by atoms with Crippen LogP contribution in [-0.2, 0) is 32.6 Å². The van der Waals surface area contributed by atoms with Crippen molar-refractivity contribution in [1.82, 2.24) is 10.2 Å². The highest BCUT2D eigenvalue weighted by atomic mass is 35.5. The minimum atomic E-state index is -3.95. The lowest BCUT2D eigenvalue weighted by atomic mass is 10.0. The van der Waals surface area contributed by atoms with Crippen LogP contribution in [0, 0.1) is 0 Å². The predicted molar refractivity (Wildman–Crippen MR) is 162 cm³/mol. The summed E-state index contributed by atoms with van der Waals surface area (Å²) in [5.41, 5.74) is 1.94. The number of nitrogens with one attached hydrogen (secondary N) is 1. The van der Waals surface area contributed by atoms with Crippen LogP contribution in [-0.4, -0.2) is 55.8 Å². The first kappa shape index (κ1) is 31.8. The molecule has 0 bridgehead atoms. The van der Waals surface area contributed by atoms with Gasteiger partial charge in [-0.15, -0.1) is 0 Å². The maximum Gasteiger partial charge on any atom is 0.244 e. The maximum atomic E-state index is 14.1. The number of amides is 2. The minimum Gasteiger partial charge on any atom is -0.352 e. The Labute approximate surface area is 247 Å². The molecule has 0 spiro atoms. The first-order chi connectivity index (χ1) is 19.4. The highest BCUT2D eigenvalue weighted by Crippen LogP contribution is 2.24. The van der Waals surface area contributed by atoms with Crippen molar-refractivity contribution >= 4 is 44.9 Å². The van der Waals surface area contributed by atoms with E-state index in [0.29, 0.717) is 22.6 Å². The Hall–Kier alpha value is -3.69. The summed E-state index contributed by atoms with van der Waals surface area (Å²) in [6.45, 7) is 4.61. The van der Waals surface area contributed by atoms with Crippen LogP contribution in [0.2, 0.25) is 5.02 Å². The Morgan fingerprint density at radius 3 is 2.22 bits per heavy atom. The molecule has 0 aliphatic rings. The van der Waals surface area contributed by atoms with Gasteiger partial charge in [-0.25, -0.2) is 8.42 Å². The minimum absolute atomic E-state index is 0.0188. The van der Waals surface area contributed by atoms with Crippen LogP contribution in [0.4, 0.5) is 5.69 Å². The fourth-order valence-corrected chi connectivity index (χ4v) is 5.34. The van der Waals surface area contributed by atoms with Crippen molar-refractivity contribution in [2.45, 2.75) is 52.2 Å². The van der Waals surface area contributed by atoms with Crippen LogP contribution >= 0.6 is 11.6 Å². The largest absolute Gasteiger partial charge is 0.352 e. The second kappa shape index (κ2) is 14.3. The molecule has 0 aliphatic carbocycles. The second-order valence-corrected chi connectivity index (χ2v) is 12.3. The summed E-state index contributed by atoms with van der Waals surface area (Å²) in [5.74, 6) is -1.19. The van der Waals surface area contributed by atoms with Crippen LogP contribution in [0.3, 0.4) is 0 Å². The van der Waals surface area contributed by atoms with E-state index >= 15 is 0 Å². The first-order valence-electron chi connectivity index (χ1n) is 13.4. The Morgan fingerprint density at radius 1 is 0.951 bits per heavy atom. The van der Waals surface area contributed by atoms with Crippen molar-refractivity contribution in [3.8, 4) is 0 Å². The van der Waals surface area contributed by atoms with E-state index in [-0.39, 0.29) is 36.4 Å². The Balaban J connectivity index is 2.09. The molecule has 0 aliphatic heterocycles. The molecule has 8 nitrogen and oxygen atoms in total. The normalized spacial score (nSPS) is 12.7. The average molecular weight is 598 g/mol. The summed E-state index contributed by atoms with van der Waals surface area (Å²) in [6, 6.07) is 21.3. The van der Waals surface area contributed by atoms with Crippen molar-refractivity contribution in [1.29, 1.82) is 0 Å². The molecule has 0 saturated carbocycles. The molecule has 2 amide bonds. The predicted octanol–water partition coefficient (Wildman–Crippen LogP) is 4.86. The number of ketones is 1. The number of rotatable bonds is 13. The van der Waals surface area contributed by atoms with Crippen molar-refractivity contribution in [2.24, 2.45) is 0 Å². The van der Waals surface area contributed by atoms with E-state index in [2.05, 4.69) is 5.32 Å². The Morgan fingerprint density at radius 2 is 1.61 bits per heavy atom. The number of carbonyl (C=O) groups is 3. The van der Waals surface area contributed by atoms with Gasteiger partial charge in [-0.2, -0.15) is 0 Å². The third kappa shape index (κ3) is 8.90. The van der Waals surface area contributed by atoms with Gasteiger partial charge in [0.15, 0.2) is 5.78 Å². The van der Waals surface area contributed by atoms with E-state index in [1.54, 1.807) is 36.4 Å². The fourth-order valence-electron chi connectivity index (χ4n) is 4.30. The zero-order valence-corrected chi connectivity index (χ0v) is 25.3. The molecule has 0 fully saturated rings. The van der Waals surface area contributed by atoms with Crippen LogP contribution in [0.1, 0.15) is 48.7 Å². The van der Waals surface area contributed by atoms with Gasteiger partial charge in [-0.05, 0) is 49.6 Å². The number of anilines is 1. The van der Waals surface area contributed by atoms with Gasteiger partial charge < -0.3 is 10.2 Å². The van der Waals surface area contributed by atoms with Gasteiger partial charge in [0.1, 0.15) is 12.6 Å². The molecule has 3 rings (SSSR count). The summed E-state index contributed by atoms with van der Waals surface area (Å²) >= 11 is 6.47. The summed E-state index contributed by atoms with van der Waals surface area (Å²) in [4.78, 5) is 41.2. The van der Waals surface area contributed by atoms with E-state index in [0.717, 1.165) is 16.1 Å². The quantitative estimate of drug-likeness (QED) is 0.283. The van der Waals surface area contributed by atoms with Crippen molar-refractivity contribution < 1.29 is 22.8 Å². The molecular formula is C31H36ClN3O5S. The van der Waals surface area contributed by atoms with Crippen molar-refractivity contribution in [3.05, 3.63) is 101 Å². The van der Waals surface area contributed by atoms with Gasteiger partial charge in [0.2, 0.25) is 21.8 Å². The van der Waals surface area contributed by atoms with E-state index in [4.69, 9.17) is 11.6 Å². The van der Waals surface area contributed by atoms with Gasteiger partial charge in [0.05, 0.1) is 11.9 Å². The summed E-state index contributed by atoms with van der Waals surface area (Å²) in [7, 11) is -3.95. The molecule has 3 aromatic rings. The van der Waals surface area contributed by atoms with Crippen molar-refractivity contribution in [3.63, 3.8) is 0 Å². The van der Waals surface area contributed by atoms with Gasteiger partial charge in [-0.3, -0.25) is 18.7 Å². The van der Waals surface area contributed by atoms with E-state index in [1.807, 2.05) is 44.2 Å². The van der Waals surface area contributed by atoms with Crippen molar-refractivity contribution in [2.75, 3.05) is 17.1 Å². The molecule has 1 N–H and O–H groups in total. The third-order valence-corrected chi connectivity index (χ3v) is 8.30. The second-order valence-electron chi connectivity index (χ2n) is 10.0. The molecule has 0 heterocycles. The first-order valence-corrected chi connectivity index (χ1v) is 15.6. The monoisotopic (exact) mass is 597 g/mol. The number of nitrogens with zero attached hydrogens (tertiary/aromatic N) is 2. The number of halogens is 1. The molecule has 0 saturated heterocycles. The maximum absolute atomic E-state index is 14.1. The molecule has 41 heavy (non-hydrogen) atoms. The third-order valence-electron chi connectivity index (χ3n) is 6.79. The zero-order chi connectivity index (χ0) is 30.2.